The summed E-state index contributed by atoms with van der Waals surface area (Å²) in [5.41, 5.74) is 4.20. The molecule has 246 valence electrons. The van der Waals surface area contributed by atoms with Crippen LogP contribution in [-0.4, -0.2) is 69.8 Å². The number of nitrogens with one attached hydrogen (secondary N) is 2. The van der Waals surface area contributed by atoms with E-state index in [1.165, 1.54) is 0 Å². The minimum atomic E-state index is -1.25. The molecule has 0 aliphatic carbocycles. The number of hydrogen-bond donors (Lipinski definition) is 4. The molecule has 2 aliphatic rings. The Balaban J connectivity index is 0.972. The Kier molecular flexibility index (Phi) is 9.94. The van der Waals surface area contributed by atoms with Crippen LogP contribution in [0.25, 0.3) is 11.1 Å². The van der Waals surface area contributed by atoms with Gasteiger partial charge in [0.1, 0.15) is 0 Å². The number of hydrogen-bond acceptors (Lipinski definition) is 6. The summed E-state index contributed by atoms with van der Waals surface area (Å²) in [5.74, 6) is -1.88. The van der Waals surface area contributed by atoms with Crippen molar-refractivity contribution in [3.63, 3.8) is 0 Å². The minimum Gasteiger partial charge on any atom is -0.378 e. The van der Waals surface area contributed by atoms with Crippen LogP contribution in [-0.2, 0) is 19.2 Å². The van der Waals surface area contributed by atoms with E-state index < -0.39 is 24.0 Å². The van der Waals surface area contributed by atoms with E-state index in [0.717, 1.165) is 11.1 Å². The first-order valence-corrected chi connectivity index (χ1v) is 16.1. The Morgan fingerprint density at radius 1 is 0.542 bits per heavy atom. The molecule has 4 amide bonds. The predicted octanol–water partition coefficient (Wildman–Crippen LogP) is 4.39. The molecule has 4 aromatic rings. The molecule has 6 rings (SSSR count). The molecule has 0 unspecified atom stereocenters. The fraction of sp³-hybridized carbons (Fsp3) is 0.263. The van der Waals surface area contributed by atoms with Gasteiger partial charge in [0.25, 0.3) is 11.8 Å². The molecule has 10 heteroatoms. The van der Waals surface area contributed by atoms with Gasteiger partial charge in [0, 0.05) is 37.6 Å². The molecule has 0 radical (unpaired) electrons. The zero-order valence-electron chi connectivity index (χ0n) is 26.4. The van der Waals surface area contributed by atoms with E-state index in [4.69, 9.17) is 0 Å². The van der Waals surface area contributed by atoms with Crippen molar-refractivity contribution in [1.29, 1.82) is 0 Å². The normalized spacial score (nSPS) is 18.6. The summed E-state index contributed by atoms with van der Waals surface area (Å²) >= 11 is 0. The largest absolute Gasteiger partial charge is 0.378 e. The first kappa shape index (κ1) is 32.6. The van der Waals surface area contributed by atoms with Crippen LogP contribution in [0, 0.1) is 11.8 Å². The second-order valence-electron chi connectivity index (χ2n) is 12.3. The van der Waals surface area contributed by atoms with Gasteiger partial charge in [-0.3, -0.25) is 19.2 Å². The smallest absolute Gasteiger partial charge is 0.256 e. The summed E-state index contributed by atoms with van der Waals surface area (Å²) in [7, 11) is 0. The lowest BCUT2D eigenvalue weighted by Gasteiger charge is -2.20. The zero-order valence-corrected chi connectivity index (χ0v) is 26.4. The van der Waals surface area contributed by atoms with Crippen molar-refractivity contribution in [2.24, 2.45) is 11.8 Å². The summed E-state index contributed by atoms with van der Waals surface area (Å²) in [6.45, 7) is 1.33. The van der Waals surface area contributed by atoms with Crippen LogP contribution in [0.2, 0.25) is 0 Å². The molecule has 4 atom stereocenters. The van der Waals surface area contributed by atoms with Crippen LogP contribution < -0.4 is 10.6 Å². The molecular formula is C38H38N4O6. The summed E-state index contributed by atoms with van der Waals surface area (Å²) < 4.78 is 0. The topological polar surface area (TPSA) is 139 Å². The SMILES string of the molecule is O=C(Nc1ccc(-c2ccc(NC(=O)[C@H]3CCN(C(=O)[C@@H](O)c4ccccc4)C3)cc2)cc1)[C@@H]1CCN(C(=O)[C@H](O)c2ccccc2)C1. The number of anilines is 2. The summed E-state index contributed by atoms with van der Waals surface area (Å²) in [4.78, 5) is 54.6. The Hall–Kier alpha value is -5.32. The lowest BCUT2D eigenvalue weighted by atomic mass is 10.0. The van der Waals surface area contributed by atoms with Crippen LogP contribution in [0.15, 0.2) is 109 Å². The lowest BCUT2D eigenvalue weighted by molar-refractivity contribution is -0.140. The fourth-order valence-electron chi connectivity index (χ4n) is 6.23. The van der Waals surface area contributed by atoms with Gasteiger partial charge < -0.3 is 30.6 Å². The van der Waals surface area contributed by atoms with E-state index in [1.54, 1.807) is 58.3 Å². The minimum absolute atomic E-state index is 0.172. The van der Waals surface area contributed by atoms with E-state index >= 15 is 0 Å². The van der Waals surface area contributed by atoms with E-state index in [2.05, 4.69) is 10.6 Å². The van der Waals surface area contributed by atoms with Gasteiger partial charge in [-0.25, -0.2) is 0 Å². The van der Waals surface area contributed by atoms with Gasteiger partial charge in [-0.1, -0.05) is 84.9 Å². The average Bonchev–Trinajstić information content (AvgIpc) is 3.84. The summed E-state index contributed by atoms with van der Waals surface area (Å²) in [5, 5.41) is 26.8. The molecule has 2 saturated heterocycles. The number of amides is 4. The van der Waals surface area contributed by atoms with Crippen molar-refractivity contribution < 1.29 is 29.4 Å². The number of likely N-dealkylation sites (tertiary alicyclic amines) is 2. The molecule has 48 heavy (non-hydrogen) atoms. The van der Waals surface area contributed by atoms with Gasteiger partial charge in [0.15, 0.2) is 12.2 Å². The first-order valence-electron chi connectivity index (χ1n) is 16.1. The van der Waals surface area contributed by atoms with Gasteiger partial charge >= 0.3 is 0 Å². The van der Waals surface area contributed by atoms with Gasteiger partial charge in [-0.05, 0) is 59.4 Å². The third-order valence-corrected chi connectivity index (χ3v) is 9.08. The standard InChI is InChI=1S/C38H38N4O6/c43-33(27-7-3-1-4-8-27)37(47)41-21-19-29(23-41)35(45)39-31-15-11-25(12-16-31)26-13-17-32(18-14-26)40-36(46)30-20-22-42(24-30)38(48)34(44)28-9-5-2-6-10-28/h1-18,29-30,33-34,43-44H,19-24H2,(H,39,45)(H,40,46)/t29-,30+,33-,34+. The molecular weight excluding hydrogens is 608 g/mol. The molecule has 0 bridgehead atoms. The van der Waals surface area contributed by atoms with Gasteiger partial charge in [-0.15, -0.1) is 0 Å². The van der Waals surface area contributed by atoms with Crippen molar-refractivity contribution in [2.75, 3.05) is 36.8 Å². The van der Waals surface area contributed by atoms with Crippen molar-refractivity contribution in [2.45, 2.75) is 25.0 Å². The highest BCUT2D eigenvalue weighted by Gasteiger charge is 2.35. The van der Waals surface area contributed by atoms with Gasteiger partial charge in [-0.2, -0.15) is 0 Å². The predicted molar refractivity (Wildman–Crippen MR) is 181 cm³/mol. The van der Waals surface area contributed by atoms with Gasteiger partial charge in [0.2, 0.25) is 11.8 Å². The molecule has 4 aromatic carbocycles. The Labute approximate surface area is 279 Å². The highest BCUT2D eigenvalue weighted by Crippen LogP contribution is 2.27. The summed E-state index contributed by atoms with van der Waals surface area (Å²) in [6.07, 6.45) is -1.45. The number of carbonyl (C=O) groups excluding carboxylic acids is 4. The van der Waals surface area contributed by atoms with Crippen molar-refractivity contribution >= 4 is 35.0 Å². The Morgan fingerprint density at radius 2 is 0.896 bits per heavy atom. The maximum Gasteiger partial charge on any atom is 0.256 e. The molecule has 10 nitrogen and oxygen atoms in total. The maximum absolute atomic E-state index is 13.0. The number of aliphatic hydroxyl groups excluding tert-OH is 2. The van der Waals surface area contributed by atoms with Gasteiger partial charge in [0.05, 0.1) is 11.8 Å². The fourth-order valence-corrected chi connectivity index (χ4v) is 6.23. The van der Waals surface area contributed by atoms with Crippen LogP contribution in [0.5, 0.6) is 0 Å². The molecule has 0 aromatic heterocycles. The number of carbonyl (C=O) groups is 4. The lowest BCUT2D eigenvalue weighted by Crippen LogP contribution is -2.35. The second-order valence-corrected chi connectivity index (χ2v) is 12.3. The first-order chi connectivity index (χ1) is 23.3. The molecule has 2 heterocycles. The number of aliphatic hydroxyl groups is 2. The van der Waals surface area contributed by atoms with E-state index in [1.807, 2.05) is 60.7 Å². The third-order valence-electron chi connectivity index (χ3n) is 9.08. The van der Waals surface area contributed by atoms with Crippen molar-refractivity contribution in [1.82, 2.24) is 9.80 Å². The second kappa shape index (κ2) is 14.6. The molecule has 0 saturated carbocycles. The monoisotopic (exact) mass is 646 g/mol. The van der Waals surface area contributed by atoms with E-state index in [0.29, 0.717) is 48.4 Å². The van der Waals surface area contributed by atoms with Crippen molar-refractivity contribution in [3.8, 4) is 11.1 Å². The molecule has 2 fully saturated rings. The van der Waals surface area contributed by atoms with Crippen LogP contribution in [0.3, 0.4) is 0 Å². The Morgan fingerprint density at radius 3 is 1.25 bits per heavy atom. The molecule has 0 spiro atoms. The zero-order chi connectivity index (χ0) is 33.6. The number of benzene rings is 4. The maximum atomic E-state index is 13.0. The number of rotatable bonds is 9. The van der Waals surface area contributed by atoms with E-state index in [-0.39, 0.29) is 36.7 Å². The molecule has 4 N–H and O–H groups in total. The van der Waals surface area contributed by atoms with Crippen LogP contribution in [0.1, 0.15) is 36.2 Å². The summed E-state index contributed by atoms with van der Waals surface area (Å²) in [6, 6.07) is 32.4. The highest BCUT2D eigenvalue weighted by molar-refractivity contribution is 5.95. The van der Waals surface area contributed by atoms with Crippen LogP contribution >= 0.6 is 0 Å². The Bertz CT molecular complexity index is 1620. The molecule has 2 aliphatic heterocycles. The quantitative estimate of drug-likeness (QED) is 0.213. The van der Waals surface area contributed by atoms with Crippen molar-refractivity contribution in [3.05, 3.63) is 120 Å². The average molecular weight is 647 g/mol. The highest BCUT2D eigenvalue weighted by atomic mass is 16.3. The number of nitrogens with zero attached hydrogens (tertiary/aromatic N) is 2. The van der Waals surface area contributed by atoms with Crippen LogP contribution in [0.4, 0.5) is 11.4 Å². The third kappa shape index (κ3) is 7.46. The van der Waals surface area contributed by atoms with E-state index in [9.17, 15) is 29.4 Å².